The van der Waals surface area contributed by atoms with E-state index in [1.165, 1.54) is 32.5 Å². The van der Waals surface area contributed by atoms with Crippen molar-refractivity contribution in [3.8, 4) is 0 Å². The molecule has 0 saturated carbocycles. The first kappa shape index (κ1) is 20.7. The Labute approximate surface area is 165 Å². The number of fused-ring (bicyclic) bond motifs is 1. The van der Waals surface area contributed by atoms with Gasteiger partial charge in [0.15, 0.2) is 12.2 Å². The summed E-state index contributed by atoms with van der Waals surface area (Å²) in [5, 5.41) is 0.710. The maximum absolute atomic E-state index is 11.6. The van der Waals surface area contributed by atoms with Crippen molar-refractivity contribution in [2.75, 3.05) is 6.61 Å². The van der Waals surface area contributed by atoms with Crippen molar-refractivity contribution in [1.29, 1.82) is 0 Å². The maximum Gasteiger partial charge on any atom is 0.303 e. The molecule has 0 radical (unpaired) electrons. The molecule has 1 fully saturated rings. The molecule has 0 bridgehead atoms. The van der Waals surface area contributed by atoms with E-state index < -0.39 is 47.7 Å². The summed E-state index contributed by atoms with van der Waals surface area (Å²) in [5.41, 5.74) is -0.454. The van der Waals surface area contributed by atoms with Gasteiger partial charge in [-0.25, -0.2) is 0 Å². The fourth-order valence-corrected chi connectivity index (χ4v) is 4.48. The Morgan fingerprint density at radius 3 is 2.24 bits per heavy atom. The Morgan fingerprint density at radius 1 is 1.12 bits per heavy atom. The van der Waals surface area contributed by atoms with Crippen LogP contribution in [-0.2, 0) is 33.3 Å². The molecular formula is C14H17Br2NO7S. The minimum Gasteiger partial charge on any atom is -0.463 e. The van der Waals surface area contributed by atoms with Crippen LogP contribution in [0.5, 0.6) is 0 Å². The molecule has 2 aliphatic rings. The van der Waals surface area contributed by atoms with Gasteiger partial charge in [-0.15, -0.1) is 0 Å². The normalized spacial score (nSPS) is 31.1. The molecule has 0 amide bonds. The van der Waals surface area contributed by atoms with Gasteiger partial charge in [0.2, 0.25) is 0 Å². The number of alkyl halides is 2. The lowest BCUT2D eigenvalue weighted by Crippen LogP contribution is -2.59. The molecule has 140 valence electrons. The molecular weight excluding hydrogens is 486 g/mol. The second-order valence-corrected chi connectivity index (χ2v) is 9.55. The fourth-order valence-electron chi connectivity index (χ4n) is 2.52. The molecule has 0 aliphatic carbocycles. The van der Waals surface area contributed by atoms with Gasteiger partial charge < -0.3 is 18.9 Å². The highest BCUT2D eigenvalue weighted by atomic mass is 79.9. The predicted octanol–water partition coefficient (Wildman–Crippen LogP) is 1.77. The van der Waals surface area contributed by atoms with E-state index >= 15 is 0 Å². The Bertz CT molecular complexity index is 586. The van der Waals surface area contributed by atoms with Crippen LogP contribution in [-0.4, -0.2) is 63.1 Å². The zero-order chi connectivity index (χ0) is 18.7. The minimum absolute atomic E-state index is 0.129. The molecule has 25 heavy (non-hydrogen) atoms. The number of hydrogen-bond acceptors (Lipinski definition) is 9. The highest BCUT2D eigenvalue weighted by Crippen LogP contribution is 2.41. The Hall–Kier alpha value is -0.650. The molecule has 11 heteroatoms. The summed E-state index contributed by atoms with van der Waals surface area (Å²) < 4.78 is 21.5. The molecule has 2 heterocycles. The first-order valence-electron chi connectivity index (χ1n) is 7.34. The standard InChI is InChI=1S/C14H17Br2NO7S/c1-5(18)21-4-8-10(22-6(2)19)11(23-7(3)20)9-14(24-8)25-13(17-9)12(15)16/h8-12,14H,4H2,1-3H3/t8-,9?,10-,11-,14?/m1/s1. The molecule has 0 aromatic heterocycles. The SMILES string of the molecule is CC(=O)OC[C@H]1OC2SC(C(Br)Br)=NC2[C@@H](OC(C)=O)[C@@H]1OC(C)=O. The van der Waals surface area contributed by atoms with Crippen LogP contribution in [0.25, 0.3) is 0 Å². The van der Waals surface area contributed by atoms with Gasteiger partial charge in [0.25, 0.3) is 0 Å². The van der Waals surface area contributed by atoms with Gasteiger partial charge in [0.05, 0.1) is 5.04 Å². The Balaban J connectivity index is 2.30. The van der Waals surface area contributed by atoms with Crippen molar-refractivity contribution in [3.63, 3.8) is 0 Å². The average Bonchev–Trinajstić information content (AvgIpc) is 2.91. The summed E-state index contributed by atoms with van der Waals surface area (Å²) in [5.74, 6) is -1.59. The number of esters is 3. The Kier molecular flexibility index (Phi) is 7.29. The van der Waals surface area contributed by atoms with Crippen molar-refractivity contribution in [2.24, 2.45) is 4.99 Å². The highest BCUT2D eigenvalue weighted by molar-refractivity contribution is 9.25. The number of carbonyl (C=O) groups is 3. The molecule has 1 saturated heterocycles. The molecule has 0 N–H and O–H groups in total. The number of aliphatic imine (C=N–C) groups is 1. The van der Waals surface area contributed by atoms with E-state index in [0.29, 0.717) is 5.04 Å². The number of thioether (sulfide) groups is 1. The third kappa shape index (κ3) is 5.41. The number of halogens is 2. The van der Waals surface area contributed by atoms with Crippen LogP contribution in [0.15, 0.2) is 4.99 Å². The number of nitrogens with zero attached hydrogens (tertiary/aromatic N) is 1. The first-order valence-corrected chi connectivity index (χ1v) is 10.1. The summed E-state index contributed by atoms with van der Waals surface area (Å²) >= 11 is 8.10. The van der Waals surface area contributed by atoms with Crippen molar-refractivity contribution in [1.82, 2.24) is 0 Å². The largest absolute Gasteiger partial charge is 0.463 e. The second-order valence-electron chi connectivity index (χ2n) is 5.37. The summed E-state index contributed by atoms with van der Waals surface area (Å²) in [6, 6.07) is -0.542. The molecule has 0 spiro atoms. The quantitative estimate of drug-likeness (QED) is 0.318. The van der Waals surface area contributed by atoms with E-state index in [1.807, 2.05) is 0 Å². The zero-order valence-corrected chi connectivity index (χ0v) is 17.6. The van der Waals surface area contributed by atoms with E-state index in [2.05, 4.69) is 36.9 Å². The highest BCUT2D eigenvalue weighted by Gasteiger charge is 2.53. The zero-order valence-electron chi connectivity index (χ0n) is 13.6. The molecule has 2 rings (SSSR count). The summed E-state index contributed by atoms with van der Waals surface area (Å²) in [7, 11) is 0. The third-order valence-corrected chi connectivity index (χ3v) is 6.05. The van der Waals surface area contributed by atoms with Gasteiger partial charge >= 0.3 is 17.9 Å². The lowest BCUT2D eigenvalue weighted by atomic mass is 9.98. The average molecular weight is 503 g/mol. The van der Waals surface area contributed by atoms with Crippen LogP contribution in [0.3, 0.4) is 0 Å². The summed E-state index contributed by atoms with van der Waals surface area (Å²) in [6.45, 7) is 3.64. The van der Waals surface area contributed by atoms with Crippen molar-refractivity contribution < 1.29 is 33.3 Å². The van der Waals surface area contributed by atoms with Gasteiger partial charge in [0.1, 0.15) is 27.9 Å². The molecule has 2 aliphatic heterocycles. The van der Waals surface area contributed by atoms with Crippen LogP contribution in [0.1, 0.15) is 20.8 Å². The molecule has 8 nitrogen and oxygen atoms in total. The molecule has 2 unspecified atom stereocenters. The van der Waals surface area contributed by atoms with Gasteiger partial charge in [-0.3, -0.25) is 19.4 Å². The summed E-state index contributed by atoms with van der Waals surface area (Å²) in [6.07, 6.45) is -2.55. The van der Waals surface area contributed by atoms with E-state index in [0.717, 1.165) is 0 Å². The second kappa shape index (κ2) is 8.83. The molecule has 0 aromatic carbocycles. The van der Waals surface area contributed by atoms with Gasteiger partial charge in [-0.2, -0.15) is 0 Å². The van der Waals surface area contributed by atoms with E-state index in [9.17, 15) is 14.4 Å². The van der Waals surface area contributed by atoms with Crippen molar-refractivity contribution >= 4 is 66.6 Å². The number of hydrogen-bond donors (Lipinski definition) is 0. The smallest absolute Gasteiger partial charge is 0.303 e. The van der Waals surface area contributed by atoms with Crippen molar-refractivity contribution in [2.45, 2.75) is 54.3 Å². The third-order valence-electron chi connectivity index (χ3n) is 3.37. The fraction of sp³-hybridized carbons (Fsp3) is 0.714. The Morgan fingerprint density at radius 2 is 1.72 bits per heavy atom. The van der Waals surface area contributed by atoms with Gasteiger partial charge in [-0.1, -0.05) is 43.6 Å². The van der Waals surface area contributed by atoms with Crippen LogP contribution in [0.2, 0.25) is 0 Å². The van der Waals surface area contributed by atoms with E-state index in [-0.39, 0.29) is 10.3 Å². The predicted molar refractivity (Wildman–Crippen MR) is 96.9 cm³/mol. The monoisotopic (exact) mass is 501 g/mol. The van der Waals surface area contributed by atoms with Crippen LogP contribution < -0.4 is 0 Å². The van der Waals surface area contributed by atoms with Gasteiger partial charge in [-0.05, 0) is 0 Å². The lowest BCUT2D eigenvalue weighted by molar-refractivity contribution is -0.208. The number of carbonyl (C=O) groups excluding carboxylic acids is 3. The maximum atomic E-state index is 11.6. The van der Waals surface area contributed by atoms with E-state index in [1.54, 1.807) is 0 Å². The molecule has 5 atom stereocenters. The van der Waals surface area contributed by atoms with Gasteiger partial charge in [0, 0.05) is 20.8 Å². The lowest BCUT2D eigenvalue weighted by Gasteiger charge is -2.41. The number of ether oxygens (including phenoxy) is 4. The topological polar surface area (TPSA) is 100 Å². The number of rotatable bonds is 5. The first-order chi connectivity index (χ1) is 11.7. The summed E-state index contributed by atoms with van der Waals surface area (Å²) in [4.78, 5) is 38.7. The minimum atomic E-state index is -0.935. The van der Waals surface area contributed by atoms with Crippen molar-refractivity contribution in [3.05, 3.63) is 0 Å². The van der Waals surface area contributed by atoms with Crippen LogP contribution >= 0.6 is 43.6 Å². The molecule has 0 aromatic rings. The van der Waals surface area contributed by atoms with Crippen LogP contribution in [0.4, 0.5) is 0 Å². The van der Waals surface area contributed by atoms with Crippen LogP contribution in [0, 0.1) is 0 Å². The van der Waals surface area contributed by atoms with E-state index in [4.69, 9.17) is 18.9 Å².